The first-order valence-corrected chi connectivity index (χ1v) is 7.20. The lowest BCUT2D eigenvalue weighted by Gasteiger charge is -2.21. The Morgan fingerprint density at radius 2 is 2.00 bits per heavy atom. The van der Waals surface area contributed by atoms with Crippen molar-refractivity contribution in [3.63, 3.8) is 0 Å². The van der Waals surface area contributed by atoms with Gasteiger partial charge in [-0.1, -0.05) is 12.1 Å². The van der Waals surface area contributed by atoms with Gasteiger partial charge in [-0.3, -0.25) is 4.79 Å². The minimum atomic E-state index is -0.00648. The Morgan fingerprint density at radius 3 is 2.70 bits per heavy atom. The van der Waals surface area contributed by atoms with Gasteiger partial charge < -0.3 is 10.0 Å². The highest BCUT2D eigenvalue weighted by molar-refractivity contribution is 5.92. The fourth-order valence-electron chi connectivity index (χ4n) is 2.73. The molecule has 20 heavy (non-hydrogen) atoms. The maximum absolute atomic E-state index is 12.2. The Kier molecular flexibility index (Phi) is 4.61. The number of rotatable bonds is 3. The first kappa shape index (κ1) is 14.8. The molecule has 0 bridgehead atoms. The van der Waals surface area contributed by atoms with Crippen molar-refractivity contribution in [1.82, 2.24) is 4.90 Å². The van der Waals surface area contributed by atoms with E-state index in [1.165, 1.54) is 16.7 Å². The zero-order valence-corrected chi connectivity index (χ0v) is 12.5. The van der Waals surface area contributed by atoms with E-state index >= 15 is 0 Å². The lowest BCUT2D eigenvalue weighted by molar-refractivity contribution is -0.127. The van der Waals surface area contributed by atoms with E-state index in [0.717, 1.165) is 24.9 Å². The monoisotopic (exact) mass is 273 g/mol. The van der Waals surface area contributed by atoms with Gasteiger partial charge in [-0.05, 0) is 61.9 Å². The van der Waals surface area contributed by atoms with Gasteiger partial charge in [0.25, 0.3) is 0 Å². The molecule has 0 spiro atoms. The molecular weight excluding hydrogens is 250 g/mol. The number of hydrogen-bond acceptors (Lipinski definition) is 2. The fraction of sp³-hybridized carbons (Fsp3) is 0.471. The summed E-state index contributed by atoms with van der Waals surface area (Å²) in [6, 6.07) is 4.25. The van der Waals surface area contributed by atoms with Crippen LogP contribution < -0.4 is 0 Å². The van der Waals surface area contributed by atoms with Gasteiger partial charge in [0.2, 0.25) is 5.91 Å². The van der Waals surface area contributed by atoms with E-state index < -0.39 is 0 Å². The molecule has 1 saturated heterocycles. The number of amides is 1. The minimum Gasteiger partial charge on any atom is -0.394 e. The molecule has 1 fully saturated rings. The van der Waals surface area contributed by atoms with Gasteiger partial charge in [-0.2, -0.15) is 0 Å². The average Bonchev–Trinajstić information content (AvgIpc) is 2.89. The Labute approximate surface area is 120 Å². The summed E-state index contributed by atoms with van der Waals surface area (Å²) in [5.74, 6) is -0.000761. The summed E-state index contributed by atoms with van der Waals surface area (Å²) < 4.78 is 0. The van der Waals surface area contributed by atoms with Crippen LogP contribution >= 0.6 is 0 Å². The number of carbonyl (C=O) groups is 1. The number of aliphatic hydroxyl groups is 1. The van der Waals surface area contributed by atoms with E-state index in [9.17, 15) is 9.90 Å². The van der Waals surface area contributed by atoms with Crippen LogP contribution in [0.25, 0.3) is 6.08 Å². The maximum atomic E-state index is 12.2. The summed E-state index contributed by atoms with van der Waals surface area (Å²) >= 11 is 0. The highest BCUT2D eigenvalue weighted by Gasteiger charge is 2.26. The van der Waals surface area contributed by atoms with Crippen LogP contribution in [0.15, 0.2) is 18.2 Å². The van der Waals surface area contributed by atoms with Crippen molar-refractivity contribution in [2.24, 2.45) is 0 Å². The summed E-state index contributed by atoms with van der Waals surface area (Å²) in [6.07, 6.45) is 5.40. The summed E-state index contributed by atoms with van der Waals surface area (Å²) in [4.78, 5) is 13.9. The van der Waals surface area contributed by atoms with E-state index in [2.05, 4.69) is 32.9 Å². The molecule has 1 atom stereocenters. The van der Waals surface area contributed by atoms with Crippen LogP contribution in [0.2, 0.25) is 0 Å². The quantitative estimate of drug-likeness (QED) is 0.860. The number of benzene rings is 1. The van der Waals surface area contributed by atoms with Crippen LogP contribution in [0.3, 0.4) is 0 Å². The third-order valence-corrected chi connectivity index (χ3v) is 4.16. The van der Waals surface area contributed by atoms with E-state index in [1.807, 2.05) is 6.08 Å². The normalized spacial score (nSPS) is 19.0. The lowest BCUT2D eigenvalue weighted by Crippen LogP contribution is -2.36. The van der Waals surface area contributed by atoms with Crippen LogP contribution in [-0.4, -0.2) is 35.1 Å². The number of aliphatic hydroxyl groups excluding tert-OH is 1. The van der Waals surface area contributed by atoms with Crippen molar-refractivity contribution in [3.8, 4) is 0 Å². The standard InChI is InChI=1S/C17H23NO2/c1-12-9-14(3)15(10-13(12)2)6-7-17(20)18-8-4-5-16(18)11-19/h6-7,9-10,16,19H,4-5,8,11H2,1-3H3/b7-6+/t16-/m1/s1. The molecule has 0 aromatic heterocycles. The molecule has 1 aromatic rings. The molecule has 3 heteroatoms. The highest BCUT2D eigenvalue weighted by atomic mass is 16.3. The fourth-order valence-corrected chi connectivity index (χ4v) is 2.73. The molecule has 2 rings (SSSR count). The summed E-state index contributed by atoms with van der Waals surface area (Å²) in [5.41, 5.74) is 4.77. The van der Waals surface area contributed by atoms with Crippen LogP contribution in [0, 0.1) is 20.8 Å². The van der Waals surface area contributed by atoms with E-state index in [-0.39, 0.29) is 18.6 Å². The van der Waals surface area contributed by atoms with Gasteiger partial charge in [0, 0.05) is 12.6 Å². The molecule has 1 N–H and O–H groups in total. The summed E-state index contributed by atoms with van der Waals surface area (Å²) in [5, 5.41) is 9.26. The highest BCUT2D eigenvalue weighted by Crippen LogP contribution is 2.19. The van der Waals surface area contributed by atoms with Gasteiger partial charge in [0.1, 0.15) is 0 Å². The topological polar surface area (TPSA) is 40.5 Å². The molecule has 0 unspecified atom stereocenters. The molecular formula is C17H23NO2. The zero-order chi connectivity index (χ0) is 14.7. The molecule has 0 saturated carbocycles. The Hall–Kier alpha value is -1.61. The van der Waals surface area contributed by atoms with Gasteiger partial charge in [0.15, 0.2) is 0 Å². The van der Waals surface area contributed by atoms with Gasteiger partial charge in [-0.25, -0.2) is 0 Å². The van der Waals surface area contributed by atoms with Crippen molar-refractivity contribution in [3.05, 3.63) is 40.5 Å². The molecule has 0 aliphatic carbocycles. The lowest BCUT2D eigenvalue weighted by atomic mass is 10.0. The van der Waals surface area contributed by atoms with Crippen molar-refractivity contribution in [1.29, 1.82) is 0 Å². The Morgan fingerprint density at radius 1 is 1.30 bits per heavy atom. The molecule has 1 heterocycles. The average molecular weight is 273 g/mol. The van der Waals surface area contributed by atoms with E-state index in [1.54, 1.807) is 11.0 Å². The van der Waals surface area contributed by atoms with Crippen LogP contribution in [0.1, 0.15) is 35.1 Å². The number of nitrogens with zero attached hydrogens (tertiary/aromatic N) is 1. The van der Waals surface area contributed by atoms with Gasteiger partial charge >= 0.3 is 0 Å². The van der Waals surface area contributed by atoms with Gasteiger partial charge in [0.05, 0.1) is 12.6 Å². The number of hydrogen-bond donors (Lipinski definition) is 1. The third-order valence-electron chi connectivity index (χ3n) is 4.16. The number of carbonyl (C=O) groups excluding carboxylic acids is 1. The second kappa shape index (κ2) is 6.23. The van der Waals surface area contributed by atoms with Crippen LogP contribution in [0.4, 0.5) is 0 Å². The van der Waals surface area contributed by atoms with Crippen LogP contribution in [-0.2, 0) is 4.79 Å². The van der Waals surface area contributed by atoms with Crippen molar-refractivity contribution in [2.45, 2.75) is 39.7 Å². The molecule has 108 valence electrons. The maximum Gasteiger partial charge on any atom is 0.246 e. The molecule has 1 amide bonds. The number of likely N-dealkylation sites (tertiary alicyclic amines) is 1. The Bertz CT molecular complexity index is 534. The first-order valence-electron chi connectivity index (χ1n) is 7.20. The molecule has 0 radical (unpaired) electrons. The third kappa shape index (κ3) is 3.10. The zero-order valence-electron chi connectivity index (χ0n) is 12.5. The van der Waals surface area contributed by atoms with Crippen molar-refractivity contribution in [2.75, 3.05) is 13.2 Å². The molecule has 1 aliphatic heterocycles. The predicted molar refractivity (Wildman–Crippen MR) is 81.5 cm³/mol. The van der Waals surface area contributed by atoms with E-state index in [4.69, 9.17) is 0 Å². The minimum absolute atomic E-state index is 0.000761. The number of aryl methyl sites for hydroxylation is 3. The van der Waals surface area contributed by atoms with Crippen LogP contribution in [0.5, 0.6) is 0 Å². The predicted octanol–water partition coefficient (Wildman–Crippen LogP) is 2.61. The summed E-state index contributed by atoms with van der Waals surface area (Å²) in [7, 11) is 0. The summed E-state index contributed by atoms with van der Waals surface area (Å²) in [6.45, 7) is 7.04. The van der Waals surface area contributed by atoms with E-state index in [0.29, 0.717) is 0 Å². The van der Waals surface area contributed by atoms with Crippen molar-refractivity contribution >= 4 is 12.0 Å². The SMILES string of the molecule is Cc1cc(C)c(/C=C/C(=O)N2CCC[C@@H]2CO)cc1C. The molecule has 1 aliphatic rings. The smallest absolute Gasteiger partial charge is 0.246 e. The van der Waals surface area contributed by atoms with Crippen molar-refractivity contribution < 1.29 is 9.90 Å². The second-order valence-electron chi connectivity index (χ2n) is 5.64. The first-order chi connectivity index (χ1) is 9.52. The molecule has 1 aromatic carbocycles. The van der Waals surface area contributed by atoms with Gasteiger partial charge in [-0.15, -0.1) is 0 Å². The Balaban J connectivity index is 2.13. The largest absolute Gasteiger partial charge is 0.394 e. The second-order valence-corrected chi connectivity index (χ2v) is 5.64. The molecule has 3 nitrogen and oxygen atoms in total.